The molecule has 2 aromatic carbocycles. The molecule has 5 heteroatoms. The summed E-state index contributed by atoms with van der Waals surface area (Å²) < 4.78 is 5.33. The van der Waals surface area contributed by atoms with E-state index in [0.717, 1.165) is 11.1 Å². The maximum Gasteiger partial charge on any atom is 0.245 e. The molecule has 2 rings (SSSR count). The number of methoxy groups -OCH3 is 1. The molecule has 2 aromatic rings. The average molecular weight is 308 g/mol. The summed E-state index contributed by atoms with van der Waals surface area (Å²) >= 11 is 0. The first kappa shape index (κ1) is 16.2. The molecule has 1 amide bonds. The largest absolute Gasteiger partial charge is 0.496 e. The van der Waals surface area contributed by atoms with Gasteiger partial charge in [-0.15, -0.1) is 0 Å². The summed E-state index contributed by atoms with van der Waals surface area (Å²) in [7, 11) is 2.94. The smallest absolute Gasteiger partial charge is 0.245 e. The van der Waals surface area contributed by atoms with Gasteiger partial charge in [0.2, 0.25) is 5.91 Å². The molecular weight excluding hydrogens is 292 g/mol. The fourth-order valence-corrected chi connectivity index (χ4v) is 2.25. The number of nitrogens with zero attached hydrogens (tertiary/aromatic N) is 1. The fourth-order valence-electron chi connectivity index (χ4n) is 2.25. The first-order chi connectivity index (χ1) is 11.1. The van der Waals surface area contributed by atoms with E-state index in [4.69, 9.17) is 10.00 Å². The number of carbonyl (C=O) groups is 2. The second-order valence-corrected chi connectivity index (χ2v) is 4.82. The van der Waals surface area contributed by atoms with Crippen molar-refractivity contribution in [2.75, 3.05) is 14.2 Å². The van der Waals surface area contributed by atoms with Crippen LogP contribution >= 0.6 is 0 Å². The Morgan fingerprint density at radius 2 is 1.87 bits per heavy atom. The number of amides is 1. The van der Waals surface area contributed by atoms with E-state index in [9.17, 15) is 9.59 Å². The van der Waals surface area contributed by atoms with Gasteiger partial charge in [0.1, 0.15) is 5.75 Å². The number of nitriles is 1. The highest BCUT2D eigenvalue weighted by molar-refractivity contribution is 6.12. The molecule has 0 saturated heterocycles. The molecule has 0 heterocycles. The Bertz CT molecular complexity index is 764. The molecule has 5 nitrogen and oxygen atoms in total. The van der Waals surface area contributed by atoms with Crippen LogP contribution in [0.3, 0.4) is 0 Å². The lowest BCUT2D eigenvalue weighted by Crippen LogP contribution is -2.32. The summed E-state index contributed by atoms with van der Waals surface area (Å²) in [5, 5.41) is 11.4. The predicted molar refractivity (Wildman–Crippen MR) is 85.9 cm³/mol. The van der Waals surface area contributed by atoms with Crippen molar-refractivity contribution in [1.82, 2.24) is 5.32 Å². The van der Waals surface area contributed by atoms with Crippen molar-refractivity contribution >= 4 is 11.7 Å². The van der Waals surface area contributed by atoms with Crippen molar-refractivity contribution in [3.05, 3.63) is 54.1 Å². The Labute approximate surface area is 134 Å². The topological polar surface area (TPSA) is 79.2 Å². The Morgan fingerprint density at radius 1 is 1.17 bits per heavy atom. The molecule has 23 heavy (non-hydrogen) atoms. The summed E-state index contributed by atoms with van der Waals surface area (Å²) in [5.74, 6) is -1.90. The minimum Gasteiger partial charge on any atom is -0.496 e. The van der Waals surface area contributed by atoms with Crippen LogP contribution in [0.5, 0.6) is 5.75 Å². The van der Waals surface area contributed by atoms with Gasteiger partial charge in [-0.25, -0.2) is 0 Å². The second kappa shape index (κ2) is 7.23. The van der Waals surface area contributed by atoms with E-state index in [1.54, 1.807) is 31.4 Å². The van der Waals surface area contributed by atoms with Crippen molar-refractivity contribution in [1.29, 1.82) is 5.26 Å². The van der Waals surface area contributed by atoms with E-state index in [-0.39, 0.29) is 0 Å². The summed E-state index contributed by atoms with van der Waals surface area (Å²) in [6, 6.07) is 16.0. The first-order valence-corrected chi connectivity index (χ1v) is 7.01. The molecule has 0 spiro atoms. The minimum absolute atomic E-state index is 0.291. The lowest BCUT2D eigenvalue weighted by atomic mass is 9.94. The summed E-state index contributed by atoms with van der Waals surface area (Å²) in [4.78, 5) is 24.1. The van der Waals surface area contributed by atoms with Crippen LogP contribution in [0.1, 0.15) is 10.4 Å². The van der Waals surface area contributed by atoms with Crippen LogP contribution in [-0.2, 0) is 4.79 Å². The zero-order chi connectivity index (χ0) is 16.8. The third-order valence-electron chi connectivity index (χ3n) is 3.47. The van der Waals surface area contributed by atoms with E-state index in [2.05, 4.69) is 5.32 Å². The van der Waals surface area contributed by atoms with E-state index in [0.29, 0.717) is 11.3 Å². The number of ketones is 1. The van der Waals surface area contributed by atoms with E-state index >= 15 is 0 Å². The summed E-state index contributed by atoms with van der Waals surface area (Å²) in [5.41, 5.74) is 1.90. The van der Waals surface area contributed by atoms with Gasteiger partial charge in [-0.1, -0.05) is 30.3 Å². The molecule has 0 saturated carbocycles. The minimum atomic E-state index is -1.36. The molecule has 0 aliphatic carbocycles. The monoisotopic (exact) mass is 308 g/mol. The zero-order valence-corrected chi connectivity index (χ0v) is 12.9. The first-order valence-electron chi connectivity index (χ1n) is 7.01. The van der Waals surface area contributed by atoms with Gasteiger partial charge >= 0.3 is 0 Å². The third-order valence-corrected chi connectivity index (χ3v) is 3.47. The maximum atomic E-state index is 12.4. The van der Waals surface area contributed by atoms with Gasteiger partial charge in [0.25, 0.3) is 0 Å². The number of carbonyl (C=O) groups excluding carboxylic acids is 2. The zero-order valence-electron chi connectivity index (χ0n) is 12.9. The SMILES string of the molecule is CNC(=O)[C@@H](C#N)C(=O)c1ccc(OC)c(-c2ccccc2)c1. The summed E-state index contributed by atoms with van der Waals surface area (Å²) in [6.45, 7) is 0. The quantitative estimate of drug-likeness (QED) is 0.679. The number of rotatable bonds is 5. The van der Waals surface area contributed by atoms with E-state index < -0.39 is 17.6 Å². The highest BCUT2D eigenvalue weighted by Crippen LogP contribution is 2.31. The van der Waals surface area contributed by atoms with Crippen LogP contribution in [0.2, 0.25) is 0 Å². The maximum absolute atomic E-state index is 12.4. The van der Waals surface area contributed by atoms with Gasteiger partial charge in [-0.3, -0.25) is 9.59 Å². The highest BCUT2D eigenvalue weighted by Gasteiger charge is 2.27. The normalized spacial score (nSPS) is 11.2. The molecule has 0 aliphatic heterocycles. The number of hydrogen-bond donors (Lipinski definition) is 1. The van der Waals surface area contributed by atoms with Gasteiger partial charge in [0, 0.05) is 18.2 Å². The van der Waals surface area contributed by atoms with Gasteiger partial charge in [-0.05, 0) is 23.8 Å². The average Bonchev–Trinajstić information content (AvgIpc) is 2.62. The van der Waals surface area contributed by atoms with Gasteiger partial charge in [0.15, 0.2) is 11.7 Å². The Balaban J connectivity index is 2.48. The standard InChI is InChI=1S/C18H16N2O3/c1-20-18(22)15(11-19)17(21)13-8-9-16(23-2)14(10-13)12-6-4-3-5-7-12/h3-10,15H,1-2H3,(H,20,22)/t15-/m0/s1. The Kier molecular flexibility index (Phi) is 5.11. The van der Waals surface area contributed by atoms with Crippen LogP contribution in [0, 0.1) is 17.2 Å². The van der Waals surface area contributed by atoms with E-state index in [1.165, 1.54) is 7.05 Å². The van der Waals surface area contributed by atoms with Gasteiger partial charge in [-0.2, -0.15) is 5.26 Å². The third kappa shape index (κ3) is 3.38. The van der Waals surface area contributed by atoms with Crippen molar-refractivity contribution < 1.29 is 14.3 Å². The van der Waals surface area contributed by atoms with Gasteiger partial charge in [0.05, 0.1) is 13.2 Å². The molecule has 1 atom stereocenters. The lowest BCUT2D eigenvalue weighted by molar-refractivity contribution is -0.121. The van der Waals surface area contributed by atoms with Crippen LogP contribution < -0.4 is 10.1 Å². The number of Topliss-reactive ketones (excluding diaryl/α,β-unsaturated/α-hetero) is 1. The van der Waals surface area contributed by atoms with Crippen molar-refractivity contribution in [3.8, 4) is 22.9 Å². The molecule has 0 bridgehead atoms. The highest BCUT2D eigenvalue weighted by atomic mass is 16.5. The molecule has 0 fully saturated rings. The molecule has 0 aromatic heterocycles. The number of hydrogen-bond acceptors (Lipinski definition) is 4. The van der Waals surface area contributed by atoms with Gasteiger partial charge < -0.3 is 10.1 Å². The van der Waals surface area contributed by atoms with E-state index in [1.807, 2.05) is 30.3 Å². The number of benzene rings is 2. The fraction of sp³-hybridized carbons (Fsp3) is 0.167. The number of ether oxygens (including phenoxy) is 1. The molecule has 0 radical (unpaired) electrons. The second-order valence-electron chi connectivity index (χ2n) is 4.82. The lowest BCUT2D eigenvalue weighted by Gasteiger charge is -2.12. The molecule has 0 aliphatic rings. The van der Waals surface area contributed by atoms with Crippen molar-refractivity contribution in [2.45, 2.75) is 0 Å². The molecular formula is C18H16N2O3. The molecule has 116 valence electrons. The summed E-state index contributed by atoms with van der Waals surface area (Å²) in [6.07, 6.45) is 0. The van der Waals surface area contributed by atoms with Crippen LogP contribution in [0.4, 0.5) is 0 Å². The Morgan fingerprint density at radius 3 is 2.43 bits per heavy atom. The van der Waals surface area contributed by atoms with Crippen LogP contribution in [0.15, 0.2) is 48.5 Å². The van der Waals surface area contributed by atoms with Crippen LogP contribution in [-0.4, -0.2) is 25.8 Å². The molecule has 0 unspecified atom stereocenters. The Hall–Kier alpha value is -3.13. The molecule has 1 N–H and O–H groups in total. The van der Waals surface area contributed by atoms with Crippen LogP contribution in [0.25, 0.3) is 11.1 Å². The number of nitrogens with one attached hydrogen (secondary N) is 1. The van der Waals surface area contributed by atoms with Crippen molar-refractivity contribution in [3.63, 3.8) is 0 Å². The predicted octanol–water partition coefficient (Wildman–Crippen LogP) is 2.43. The van der Waals surface area contributed by atoms with Crippen molar-refractivity contribution in [2.24, 2.45) is 5.92 Å².